The normalized spacial score (nSPS) is 30.6. The molecule has 2 fully saturated rings. The highest BCUT2D eigenvalue weighted by atomic mass is 16.1. The number of fused-ring (bicyclic) bond motifs is 1. The molecule has 25 heavy (non-hydrogen) atoms. The Kier molecular flexibility index (Phi) is 3.25. The summed E-state index contributed by atoms with van der Waals surface area (Å²) in [5.74, 6) is 0.259. The van der Waals surface area contributed by atoms with E-state index in [1.165, 1.54) is 5.56 Å². The van der Waals surface area contributed by atoms with Crippen LogP contribution in [0.4, 0.5) is 0 Å². The molecule has 0 aliphatic heterocycles. The molecule has 0 bridgehead atoms. The van der Waals surface area contributed by atoms with E-state index >= 15 is 0 Å². The van der Waals surface area contributed by atoms with Crippen LogP contribution in [0.25, 0.3) is 0 Å². The molecule has 2 aromatic carbocycles. The minimum Gasteiger partial charge on any atom is -0.299 e. The monoisotopic (exact) mass is 329 g/mol. The molecule has 0 spiro atoms. The Labute approximate surface area is 149 Å². The second kappa shape index (κ2) is 5.05. The number of ketones is 1. The summed E-state index contributed by atoms with van der Waals surface area (Å²) in [4.78, 5) is 13.1. The number of carbonyl (C=O) groups excluding carboxylic acids is 1. The summed E-state index contributed by atoms with van der Waals surface area (Å²) in [6.45, 7) is 6.81. The van der Waals surface area contributed by atoms with Crippen LogP contribution >= 0.6 is 0 Å². The Bertz CT molecular complexity index is 869. The van der Waals surface area contributed by atoms with E-state index in [2.05, 4.69) is 51.1 Å². The summed E-state index contributed by atoms with van der Waals surface area (Å²) >= 11 is 0. The number of hydrogen-bond acceptors (Lipinski definition) is 2. The molecule has 0 N–H and O–H groups in total. The molecular formula is C23H23NO. The highest BCUT2D eigenvalue weighted by molar-refractivity contribution is 5.94. The summed E-state index contributed by atoms with van der Waals surface area (Å²) in [7, 11) is 0. The van der Waals surface area contributed by atoms with E-state index in [0.717, 1.165) is 12.0 Å². The van der Waals surface area contributed by atoms with Crippen LogP contribution < -0.4 is 0 Å². The van der Waals surface area contributed by atoms with Crippen molar-refractivity contribution in [2.45, 2.75) is 44.9 Å². The molecule has 0 unspecified atom stereocenters. The summed E-state index contributed by atoms with van der Waals surface area (Å²) in [5, 5.41) is 9.06. The Hall–Kier alpha value is -2.40. The fraction of sp³-hybridized carbons (Fsp3) is 0.391. The Morgan fingerprint density at radius 3 is 2.24 bits per heavy atom. The fourth-order valence-electron chi connectivity index (χ4n) is 5.56. The second-order valence-electron chi connectivity index (χ2n) is 8.66. The minimum atomic E-state index is -0.0829. The lowest BCUT2D eigenvalue weighted by Gasteiger charge is -2.37. The van der Waals surface area contributed by atoms with E-state index in [9.17, 15) is 4.79 Å². The zero-order chi connectivity index (χ0) is 17.9. The van der Waals surface area contributed by atoms with Crippen LogP contribution in [-0.4, -0.2) is 5.78 Å². The lowest BCUT2D eigenvalue weighted by Crippen LogP contribution is -2.32. The Morgan fingerprint density at radius 2 is 1.68 bits per heavy atom. The van der Waals surface area contributed by atoms with E-state index in [1.54, 1.807) is 0 Å². The van der Waals surface area contributed by atoms with Gasteiger partial charge in [-0.15, -0.1) is 0 Å². The van der Waals surface area contributed by atoms with Crippen molar-refractivity contribution in [3.8, 4) is 6.07 Å². The van der Waals surface area contributed by atoms with Gasteiger partial charge in [0.05, 0.1) is 11.6 Å². The van der Waals surface area contributed by atoms with E-state index in [1.807, 2.05) is 30.3 Å². The number of hydrogen-bond donors (Lipinski definition) is 0. The number of nitrogens with zero attached hydrogens (tertiary/aromatic N) is 1. The minimum absolute atomic E-state index is 0.0214. The van der Waals surface area contributed by atoms with Gasteiger partial charge in [0.25, 0.3) is 0 Å². The van der Waals surface area contributed by atoms with E-state index in [4.69, 9.17) is 5.26 Å². The van der Waals surface area contributed by atoms with E-state index in [0.29, 0.717) is 17.8 Å². The molecule has 2 aromatic rings. The van der Waals surface area contributed by atoms with Gasteiger partial charge in [0.2, 0.25) is 0 Å². The van der Waals surface area contributed by atoms with Crippen molar-refractivity contribution in [1.29, 1.82) is 5.26 Å². The number of carbonyl (C=O) groups is 1. The standard InChI is InChI=1S/C23H23NO/c1-21(2,3)23-15-22(23,18-7-5-4-6-8-18)13-19(25)20(23)17-11-9-16(14-24)10-12-17/h4-12,20H,13,15H2,1-3H3/t20-,22+,23+/m0/s1. The van der Waals surface area contributed by atoms with Crippen molar-refractivity contribution >= 4 is 5.78 Å². The van der Waals surface area contributed by atoms with Gasteiger partial charge in [-0.05, 0) is 40.5 Å². The third-order valence-corrected chi connectivity index (χ3v) is 6.64. The first kappa shape index (κ1) is 16.1. The number of benzene rings is 2. The van der Waals surface area contributed by atoms with Crippen molar-refractivity contribution in [3.63, 3.8) is 0 Å². The van der Waals surface area contributed by atoms with Gasteiger partial charge in [0, 0.05) is 17.8 Å². The summed E-state index contributed by atoms with van der Waals surface area (Å²) < 4.78 is 0. The van der Waals surface area contributed by atoms with Gasteiger partial charge in [-0.1, -0.05) is 63.2 Å². The second-order valence-corrected chi connectivity index (χ2v) is 8.66. The molecule has 0 radical (unpaired) electrons. The molecule has 4 rings (SSSR count). The topological polar surface area (TPSA) is 40.9 Å². The maximum Gasteiger partial charge on any atom is 0.141 e. The van der Waals surface area contributed by atoms with Crippen LogP contribution in [0.5, 0.6) is 0 Å². The average Bonchev–Trinajstić information content (AvgIpc) is 3.19. The zero-order valence-corrected chi connectivity index (χ0v) is 15.0. The smallest absolute Gasteiger partial charge is 0.141 e. The van der Waals surface area contributed by atoms with Gasteiger partial charge in [-0.25, -0.2) is 0 Å². The number of rotatable bonds is 2. The Balaban J connectivity index is 1.86. The SMILES string of the molecule is CC(C)(C)[C@]12C[C@@]1(c1ccccc1)CC(=O)[C@@H]2c1ccc(C#N)cc1. The first-order valence-electron chi connectivity index (χ1n) is 8.94. The van der Waals surface area contributed by atoms with Crippen LogP contribution in [0.2, 0.25) is 0 Å². The number of Topliss-reactive ketones (excluding diaryl/α,β-unsaturated/α-hetero) is 1. The number of nitriles is 1. The predicted octanol–water partition coefficient (Wildman–Crippen LogP) is 4.99. The molecule has 2 saturated carbocycles. The lowest BCUT2D eigenvalue weighted by atomic mass is 9.65. The van der Waals surface area contributed by atoms with Crippen LogP contribution in [0, 0.1) is 22.2 Å². The predicted molar refractivity (Wildman–Crippen MR) is 98.1 cm³/mol. The van der Waals surface area contributed by atoms with Crippen LogP contribution in [0.1, 0.15) is 56.2 Å². The molecule has 3 atom stereocenters. The maximum absolute atomic E-state index is 13.1. The first-order valence-corrected chi connectivity index (χ1v) is 8.94. The van der Waals surface area contributed by atoms with Crippen molar-refractivity contribution in [2.24, 2.45) is 10.8 Å². The van der Waals surface area contributed by atoms with Gasteiger partial charge in [0.1, 0.15) is 5.78 Å². The zero-order valence-electron chi connectivity index (χ0n) is 15.0. The summed E-state index contributed by atoms with van der Waals surface area (Å²) in [6, 6.07) is 20.4. The molecule has 2 nitrogen and oxygen atoms in total. The fourth-order valence-corrected chi connectivity index (χ4v) is 5.56. The van der Waals surface area contributed by atoms with Crippen LogP contribution in [0.3, 0.4) is 0 Å². The van der Waals surface area contributed by atoms with E-state index < -0.39 is 0 Å². The molecule has 126 valence electrons. The third kappa shape index (κ3) is 1.99. The summed E-state index contributed by atoms with van der Waals surface area (Å²) in [5.41, 5.74) is 2.94. The van der Waals surface area contributed by atoms with Crippen LogP contribution in [0.15, 0.2) is 54.6 Å². The molecule has 0 amide bonds. The molecule has 2 aliphatic rings. The molecule has 0 aromatic heterocycles. The van der Waals surface area contributed by atoms with E-state index in [-0.39, 0.29) is 22.2 Å². The maximum atomic E-state index is 13.1. The van der Waals surface area contributed by atoms with Crippen molar-refractivity contribution in [2.75, 3.05) is 0 Å². The lowest BCUT2D eigenvalue weighted by molar-refractivity contribution is -0.120. The first-order chi connectivity index (χ1) is 11.9. The Morgan fingerprint density at radius 1 is 1.04 bits per heavy atom. The van der Waals surface area contributed by atoms with Crippen LogP contribution in [-0.2, 0) is 10.2 Å². The summed E-state index contributed by atoms with van der Waals surface area (Å²) in [6.07, 6.45) is 1.68. The van der Waals surface area contributed by atoms with Gasteiger partial charge >= 0.3 is 0 Å². The largest absolute Gasteiger partial charge is 0.299 e. The molecule has 0 heterocycles. The molecule has 2 aliphatic carbocycles. The average molecular weight is 329 g/mol. The van der Waals surface area contributed by atoms with Gasteiger partial charge in [-0.3, -0.25) is 4.79 Å². The van der Waals surface area contributed by atoms with Gasteiger partial charge < -0.3 is 0 Å². The van der Waals surface area contributed by atoms with Crippen molar-refractivity contribution in [3.05, 3.63) is 71.3 Å². The highest BCUT2D eigenvalue weighted by Gasteiger charge is 2.80. The third-order valence-electron chi connectivity index (χ3n) is 6.64. The molecular weight excluding hydrogens is 306 g/mol. The van der Waals surface area contributed by atoms with Gasteiger partial charge in [0.15, 0.2) is 0 Å². The van der Waals surface area contributed by atoms with Gasteiger partial charge in [-0.2, -0.15) is 5.26 Å². The highest BCUT2D eigenvalue weighted by Crippen LogP contribution is 2.82. The van der Waals surface area contributed by atoms with Crippen molar-refractivity contribution < 1.29 is 4.79 Å². The molecule has 0 saturated heterocycles. The van der Waals surface area contributed by atoms with Crippen molar-refractivity contribution in [1.82, 2.24) is 0 Å². The quantitative estimate of drug-likeness (QED) is 0.779. The molecule has 2 heteroatoms.